The van der Waals surface area contributed by atoms with Gasteiger partial charge >= 0.3 is 0 Å². The van der Waals surface area contributed by atoms with Gasteiger partial charge in [0, 0.05) is 11.6 Å². The van der Waals surface area contributed by atoms with Crippen LogP contribution < -0.4 is 5.73 Å². The molecule has 0 spiro atoms. The second-order valence-electron chi connectivity index (χ2n) is 4.36. The molecule has 1 aliphatic carbocycles. The Kier molecular flexibility index (Phi) is 3.72. The molecule has 2 unspecified atom stereocenters. The number of hydrogen-bond donors (Lipinski definition) is 1. The standard InChI is InChI=1S/C13H15FN2O/c14-11-6-9(7-15)4-5-10(11)8-17-13-3-1-2-12(13)16/h4-6,12-13H,1-3,8,16H2. The highest BCUT2D eigenvalue weighted by Gasteiger charge is 2.24. The van der Waals surface area contributed by atoms with Crippen LogP contribution in [-0.2, 0) is 11.3 Å². The molecular formula is C13H15FN2O. The maximum absolute atomic E-state index is 13.5. The number of hydrogen-bond acceptors (Lipinski definition) is 3. The maximum atomic E-state index is 13.5. The number of ether oxygens (including phenoxy) is 1. The molecule has 0 saturated heterocycles. The summed E-state index contributed by atoms with van der Waals surface area (Å²) in [6.07, 6.45) is 3.02. The lowest BCUT2D eigenvalue weighted by atomic mass is 10.1. The Bertz CT molecular complexity index is 442. The summed E-state index contributed by atoms with van der Waals surface area (Å²) in [5.41, 5.74) is 6.66. The Morgan fingerprint density at radius 3 is 2.88 bits per heavy atom. The third kappa shape index (κ3) is 2.82. The molecule has 0 heterocycles. The van der Waals surface area contributed by atoms with Crippen molar-refractivity contribution in [3.05, 3.63) is 35.1 Å². The van der Waals surface area contributed by atoms with E-state index in [0.717, 1.165) is 19.3 Å². The first kappa shape index (κ1) is 12.0. The Morgan fingerprint density at radius 2 is 2.29 bits per heavy atom. The lowest BCUT2D eigenvalue weighted by Gasteiger charge is -2.16. The normalized spacial score (nSPS) is 23.6. The van der Waals surface area contributed by atoms with Crippen LogP contribution in [0.25, 0.3) is 0 Å². The topological polar surface area (TPSA) is 59.0 Å². The highest BCUT2D eigenvalue weighted by Crippen LogP contribution is 2.22. The molecule has 1 aromatic carbocycles. The summed E-state index contributed by atoms with van der Waals surface area (Å²) in [6.45, 7) is 0.218. The number of nitriles is 1. The maximum Gasteiger partial charge on any atom is 0.130 e. The van der Waals surface area contributed by atoms with Crippen LogP contribution in [0.5, 0.6) is 0 Å². The minimum Gasteiger partial charge on any atom is -0.372 e. The molecule has 0 amide bonds. The summed E-state index contributed by atoms with van der Waals surface area (Å²) < 4.78 is 19.2. The number of nitrogens with two attached hydrogens (primary N) is 1. The molecule has 90 valence electrons. The van der Waals surface area contributed by atoms with Crippen LogP contribution in [0.1, 0.15) is 30.4 Å². The molecule has 1 aliphatic rings. The first-order chi connectivity index (χ1) is 8.20. The summed E-state index contributed by atoms with van der Waals surface area (Å²) in [7, 11) is 0. The van der Waals surface area contributed by atoms with Crippen molar-refractivity contribution >= 4 is 0 Å². The van der Waals surface area contributed by atoms with Gasteiger partial charge in [0.15, 0.2) is 0 Å². The van der Waals surface area contributed by atoms with Crippen LogP contribution in [0, 0.1) is 17.1 Å². The van der Waals surface area contributed by atoms with E-state index in [1.54, 1.807) is 12.1 Å². The lowest BCUT2D eigenvalue weighted by molar-refractivity contribution is 0.0342. The van der Waals surface area contributed by atoms with Gasteiger partial charge in [-0.2, -0.15) is 5.26 Å². The zero-order chi connectivity index (χ0) is 12.3. The van der Waals surface area contributed by atoms with Crippen LogP contribution in [0.3, 0.4) is 0 Å². The van der Waals surface area contributed by atoms with Crippen molar-refractivity contribution in [2.45, 2.75) is 38.0 Å². The zero-order valence-electron chi connectivity index (χ0n) is 9.53. The summed E-state index contributed by atoms with van der Waals surface area (Å²) >= 11 is 0. The third-order valence-corrected chi connectivity index (χ3v) is 3.14. The minimum atomic E-state index is -0.393. The van der Waals surface area contributed by atoms with E-state index in [9.17, 15) is 4.39 Å². The van der Waals surface area contributed by atoms with Crippen molar-refractivity contribution in [3.8, 4) is 6.07 Å². The van der Waals surface area contributed by atoms with E-state index in [-0.39, 0.29) is 18.8 Å². The van der Waals surface area contributed by atoms with E-state index in [4.69, 9.17) is 15.7 Å². The van der Waals surface area contributed by atoms with Gasteiger partial charge in [0.05, 0.1) is 24.3 Å². The highest BCUT2D eigenvalue weighted by atomic mass is 19.1. The van der Waals surface area contributed by atoms with E-state index in [2.05, 4.69) is 0 Å². The summed E-state index contributed by atoms with van der Waals surface area (Å²) in [5, 5.41) is 8.63. The SMILES string of the molecule is N#Cc1ccc(COC2CCCC2N)c(F)c1. The van der Waals surface area contributed by atoms with Crippen molar-refractivity contribution in [3.63, 3.8) is 0 Å². The zero-order valence-corrected chi connectivity index (χ0v) is 9.53. The van der Waals surface area contributed by atoms with Crippen LogP contribution in [0.15, 0.2) is 18.2 Å². The van der Waals surface area contributed by atoms with Crippen molar-refractivity contribution in [2.75, 3.05) is 0 Å². The third-order valence-electron chi connectivity index (χ3n) is 3.14. The molecule has 1 fully saturated rings. The summed E-state index contributed by atoms with van der Waals surface area (Å²) in [5.74, 6) is -0.393. The number of halogens is 1. The van der Waals surface area contributed by atoms with Crippen LogP contribution >= 0.6 is 0 Å². The molecule has 2 rings (SSSR count). The monoisotopic (exact) mass is 234 g/mol. The fourth-order valence-electron chi connectivity index (χ4n) is 2.09. The number of benzene rings is 1. The van der Waals surface area contributed by atoms with Crippen LogP contribution in [0.4, 0.5) is 4.39 Å². The average Bonchev–Trinajstić information content (AvgIpc) is 2.73. The molecule has 1 saturated carbocycles. The fourth-order valence-corrected chi connectivity index (χ4v) is 2.09. The predicted molar refractivity (Wildman–Crippen MR) is 61.5 cm³/mol. The van der Waals surface area contributed by atoms with E-state index in [0.29, 0.717) is 11.1 Å². The van der Waals surface area contributed by atoms with Gasteiger partial charge in [-0.05, 0) is 31.4 Å². The molecule has 3 nitrogen and oxygen atoms in total. The molecule has 2 atom stereocenters. The fraction of sp³-hybridized carbons (Fsp3) is 0.462. The lowest BCUT2D eigenvalue weighted by Crippen LogP contribution is -2.31. The van der Waals surface area contributed by atoms with Crippen molar-refractivity contribution in [1.29, 1.82) is 5.26 Å². The van der Waals surface area contributed by atoms with Gasteiger partial charge < -0.3 is 10.5 Å². The molecule has 0 bridgehead atoms. The van der Waals surface area contributed by atoms with E-state index in [1.165, 1.54) is 6.07 Å². The number of rotatable bonds is 3. The van der Waals surface area contributed by atoms with Gasteiger partial charge in [-0.15, -0.1) is 0 Å². The van der Waals surface area contributed by atoms with E-state index in [1.807, 2.05) is 6.07 Å². The second-order valence-corrected chi connectivity index (χ2v) is 4.36. The van der Waals surface area contributed by atoms with Gasteiger partial charge in [-0.1, -0.05) is 6.07 Å². The Hall–Kier alpha value is -1.44. The number of nitrogens with zero attached hydrogens (tertiary/aromatic N) is 1. The van der Waals surface area contributed by atoms with Gasteiger partial charge in [0.2, 0.25) is 0 Å². The molecular weight excluding hydrogens is 219 g/mol. The van der Waals surface area contributed by atoms with Crippen molar-refractivity contribution < 1.29 is 9.13 Å². The first-order valence-electron chi connectivity index (χ1n) is 5.76. The largest absolute Gasteiger partial charge is 0.372 e. The Morgan fingerprint density at radius 1 is 1.47 bits per heavy atom. The van der Waals surface area contributed by atoms with Gasteiger partial charge in [0.1, 0.15) is 5.82 Å². The van der Waals surface area contributed by atoms with Crippen LogP contribution in [0.2, 0.25) is 0 Å². The molecule has 0 aliphatic heterocycles. The first-order valence-corrected chi connectivity index (χ1v) is 5.76. The molecule has 2 N–H and O–H groups in total. The van der Waals surface area contributed by atoms with Gasteiger partial charge in [0.25, 0.3) is 0 Å². The van der Waals surface area contributed by atoms with Gasteiger partial charge in [-0.3, -0.25) is 0 Å². The summed E-state index contributed by atoms with van der Waals surface area (Å²) in [6, 6.07) is 6.38. The molecule has 0 aromatic heterocycles. The smallest absolute Gasteiger partial charge is 0.130 e. The second kappa shape index (κ2) is 5.26. The predicted octanol–water partition coefficient (Wildman–Crippen LogP) is 2.09. The quantitative estimate of drug-likeness (QED) is 0.871. The highest BCUT2D eigenvalue weighted by molar-refractivity contribution is 5.32. The minimum absolute atomic E-state index is 0.0324. The van der Waals surface area contributed by atoms with Gasteiger partial charge in [-0.25, -0.2) is 4.39 Å². The average molecular weight is 234 g/mol. The Labute approximate surface area is 100.0 Å². The van der Waals surface area contributed by atoms with Crippen molar-refractivity contribution in [1.82, 2.24) is 0 Å². The molecule has 0 radical (unpaired) electrons. The molecule has 17 heavy (non-hydrogen) atoms. The van der Waals surface area contributed by atoms with Crippen molar-refractivity contribution in [2.24, 2.45) is 5.73 Å². The van der Waals surface area contributed by atoms with E-state index < -0.39 is 5.82 Å². The van der Waals surface area contributed by atoms with E-state index >= 15 is 0 Å². The van der Waals surface area contributed by atoms with Crippen LogP contribution in [-0.4, -0.2) is 12.1 Å². The summed E-state index contributed by atoms with van der Waals surface area (Å²) in [4.78, 5) is 0. The molecule has 4 heteroatoms. The molecule has 1 aromatic rings. The Balaban J connectivity index is 1.97.